The van der Waals surface area contributed by atoms with Crippen LogP contribution in [-0.2, 0) is 14.8 Å². The highest BCUT2D eigenvalue weighted by atomic mass is 32.2. The number of sulfonamides is 1. The van der Waals surface area contributed by atoms with E-state index in [1.807, 2.05) is 39.6 Å². The lowest BCUT2D eigenvalue weighted by Crippen LogP contribution is -2.46. The second-order valence-corrected chi connectivity index (χ2v) is 10.9. The van der Waals surface area contributed by atoms with Crippen molar-refractivity contribution >= 4 is 15.9 Å². The molecule has 1 heterocycles. The number of hydrogen-bond acceptors (Lipinski definition) is 3. The number of aryl methyl sites for hydroxylation is 2. The van der Waals surface area contributed by atoms with E-state index in [9.17, 15) is 13.2 Å². The van der Waals surface area contributed by atoms with Crippen LogP contribution in [0.1, 0.15) is 67.2 Å². The van der Waals surface area contributed by atoms with Crippen LogP contribution in [0.5, 0.6) is 0 Å². The molecule has 2 aliphatic rings. The van der Waals surface area contributed by atoms with E-state index in [4.69, 9.17) is 0 Å². The van der Waals surface area contributed by atoms with E-state index in [-0.39, 0.29) is 11.8 Å². The number of piperidine rings is 1. The largest absolute Gasteiger partial charge is 0.343 e. The van der Waals surface area contributed by atoms with Crippen LogP contribution < -0.4 is 0 Å². The summed E-state index contributed by atoms with van der Waals surface area (Å²) in [7, 11) is -1.62. The summed E-state index contributed by atoms with van der Waals surface area (Å²) in [6.07, 6.45) is 7.09. The van der Waals surface area contributed by atoms with Crippen molar-refractivity contribution in [3.8, 4) is 0 Å². The Morgan fingerprint density at radius 3 is 1.97 bits per heavy atom. The monoisotopic (exact) mass is 420 g/mol. The molecule has 1 saturated carbocycles. The average molecular weight is 421 g/mol. The van der Waals surface area contributed by atoms with E-state index in [1.54, 1.807) is 4.31 Å². The standard InChI is InChI=1S/C23H36N2O3S/c1-16-15-17(2)19(4)22(18(16)3)29(27,28)25-13-11-20(12-14-25)23(26)24(5)21-9-7-6-8-10-21/h15,20-21H,6-14H2,1-5H3. The minimum absolute atomic E-state index is 0.0604. The molecular formula is C23H36N2O3S. The lowest BCUT2D eigenvalue weighted by atomic mass is 9.91. The predicted molar refractivity (Wildman–Crippen MR) is 117 cm³/mol. The Morgan fingerprint density at radius 2 is 1.45 bits per heavy atom. The van der Waals surface area contributed by atoms with Gasteiger partial charge in [0.2, 0.25) is 15.9 Å². The van der Waals surface area contributed by atoms with Gasteiger partial charge >= 0.3 is 0 Å². The molecule has 0 aromatic heterocycles. The van der Waals surface area contributed by atoms with Crippen LogP contribution in [0.4, 0.5) is 0 Å². The van der Waals surface area contributed by atoms with Gasteiger partial charge in [-0.25, -0.2) is 8.42 Å². The summed E-state index contributed by atoms with van der Waals surface area (Å²) in [6, 6.07) is 2.41. The molecule has 0 spiro atoms. The molecule has 1 aromatic carbocycles. The van der Waals surface area contributed by atoms with Crippen LogP contribution in [0.15, 0.2) is 11.0 Å². The molecule has 5 nitrogen and oxygen atoms in total. The molecule has 6 heteroatoms. The fourth-order valence-electron chi connectivity index (χ4n) is 4.98. The van der Waals surface area contributed by atoms with E-state index in [0.717, 1.165) is 35.1 Å². The first-order valence-corrected chi connectivity index (χ1v) is 12.4. The molecule has 0 radical (unpaired) electrons. The summed E-state index contributed by atoms with van der Waals surface area (Å²) >= 11 is 0. The van der Waals surface area contributed by atoms with E-state index >= 15 is 0 Å². The average Bonchev–Trinajstić information content (AvgIpc) is 2.72. The maximum atomic E-state index is 13.4. The fraction of sp³-hybridized carbons (Fsp3) is 0.696. The number of rotatable bonds is 4. The van der Waals surface area contributed by atoms with E-state index in [0.29, 0.717) is 36.9 Å². The van der Waals surface area contributed by atoms with Gasteiger partial charge in [-0.15, -0.1) is 0 Å². The lowest BCUT2D eigenvalue weighted by molar-refractivity contribution is -0.138. The Labute approximate surface area is 176 Å². The SMILES string of the molecule is Cc1cc(C)c(C)c(S(=O)(=O)N2CCC(C(=O)N(C)C3CCCCC3)CC2)c1C. The second kappa shape index (κ2) is 8.76. The number of carbonyl (C=O) groups is 1. The number of amides is 1. The first-order chi connectivity index (χ1) is 13.6. The Bertz CT molecular complexity index is 838. The number of nitrogens with zero attached hydrogens (tertiary/aromatic N) is 2. The summed E-state index contributed by atoms with van der Waals surface area (Å²) in [6.45, 7) is 8.56. The van der Waals surface area contributed by atoms with Gasteiger partial charge in [-0.1, -0.05) is 25.3 Å². The summed E-state index contributed by atoms with van der Waals surface area (Å²) < 4.78 is 28.4. The molecule has 0 N–H and O–H groups in total. The van der Waals surface area contributed by atoms with E-state index < -0.39 is 10.0 Å². The van der Waals surface area contributed by atoms with Crippen LogP contribution in [-0.4, -0.2) is 49.7 Å². The first-order valence-electron chi connectivity index (χ1n) is 11.0. The van der Waals surface area contributed by atoms with Crippen molar-refractivity contribution < 1.29 is 13.2 Å². The zero-order chi connectivity index (χ0) is 21.3. The highest BCUT2D eigenvalue weighted by molar-refractivity contribution is 7.89. The van der Waals surface area contributed by atoms with Crippen molar-refractivity contribution in [3.05, 3.63) is 28.3 Å². The van der Waals surface area contributed by atoms with Gasteiger partial charge in [0.25, 0.3) is 0 Å². The number of carbonyl (C=O) groups excluding carboxylic acids is 1. The smallest absolute Gasteiger partial charge is 0.243 e. The normalized spacial score (nSPS) is 20.0. The molecule has 1 aromatic rings. The predicted octanol–water partition coefficient (Wildman–Crippen LogP) is 4.11. The molecule has 1 aliphatic heterocycles. The van der Waals surface area contributed by atoms with Gasteiger partial charge in [-0.2, -0.15) is 4.31 Å². The van der Waals surface area contributed by atoms with Crippen molar-refractivity contribution in [2.45, 2.75) is 83.6 Å². The summed E-state index contributed by atoms with van der Waals surface area (Å²) in [5.74, 6) is 0.141. The van der Waals surface area contributed by atoms with Crippen LogP contribution in [0.25, 0.3) is 0 Å². The molecule has 0 atom stereocenters. The third-order valence-corrected chi connectivity index (χ3v) is 9.34. The molecular weight excluding hydrogens is 384 g/mol. The molecule has 162 valence electrons. The van der Waals surface area contributed by atoms with Crippen molar-refractivity contribution in [2.24, 2.45) is 5.92 Å². The van der Waals surface area contributed by atoms with Gasteiger partial charge < -0.3 is 4.90 Å². The van der Waals surface area contributed by atoms with Crippen LogP contribution in [0.3, 0.4) is 0 Å². The van der Waals surface area contributed by atoms with Crippen molar-refractivity contribution in [3.63, 3.8) is 0 Å². The second-order valence-electron chi connectivity index (χ2n) is 9.01. The highest BCUT2D eigenvalue weighted by Gasteiger charge is 2.36. The van der Waals surface area contributed by atoms with Gasteiger partial charge in [0.15, 0.2) is 0 Å². The zero-order valence-corrected chi connectivity index (χ0v) is 19.4. The molecule has 0 bridgehead atoms. The molecule has 0 unspecified atom stereocenters. The van der Waals surface area contributed by atoms with Gasteiger partial charge in [-0.3, -0.25) is 4.79 Å². The van der Waals surface area contributed by atoms with Gasteiger partial charge in [-0.05, 0) is 75.6 Å². The van der Waals surface area contributed by atoms with Crippen molar-refractivity contribution in [2.75, 3.05) is 20.1 Å². The summed E-state index contributed by atoms with van der Waals surface area (Å²) in [5.41, 5.74) is 3.68. The van der Waals surface area contributed by atoms with Gasteiger partial charge in [0.05, 0.1) is 4.90 Å². The fourth-order valence-corrected chi connectivity index (χ4v) is 7.02. The third-order valence-electron chi connectivity index (χ3n) is 7.17. The van der Waals surface area contributed by atoms with Crippen LogP contribution in [0, 0.1) is 33.6 Å². The Balaban J connectivity index is 1.71. The molecule has 2 fully saturated rings. The van der Waals surface area contributed by atoms with E-state index in [2.05, 4.69) is 6.07 Å². The summed E-state index contributed by atoms with van der Waals surface area (Å²) in [4.78, 5) is 15.4. The minimum Gasteiger partial charge on any atom is -0.343 e. The Hall–Kier alpha value is -1.40. The molecule has 29 heavy (non-hydrogen) atoms. The zero-order valence-electron chi connectivity index (χ0n) is 18.6. The number of hydrogen-bond donors (Lipinski definition) is 0. The van der Waals surface area contributed by atoms with Crippen LogP contribution >= 0.6 is 0 Å². The first kappa shape index (κ1) is 22.3. The maximum Gasteiger partial charge on any atom is 0.243 e. The maximum absolute atomic E-state index is 13.4. The van der Waals surface area contributed by atoms with Crippen LogP contribution in [0.2, 0.25) is 0 Å². The summed E-state index contributed by atoms with van der Waals surface area (Å²) in [5, 5.41) is 0. The van der Waals surface area contributed by atoms with Gasteiger partial charge in [0.1, 0.15) is 0 Å². The van der Waals surface area contributed by atoms with Crippen molar-refractivity contribution in [1.82, 2.24) is 9.21 Å². The number of benzene rings is 1. The van der Waals surface area contributed by atoms with Gasteiger partial charge in [0, 0.05) is 32.1 Å². The molecule has 1 amide bonds. The molecule has 3 rings (SSSR count). The Morgan fingerprint density at radius 1 is 0.931 bits per heavy atom. The minimum atomic E-state index is -3.55. The molecule has 1 saturated heterocycles. The molecule has 1 aliphatic carbocycles. The highest BCUT2D eigenvalue weighted by Crippen LogP contribution is 2.32. The topological polar surface area (TPSA) is 57.7 Å². The lowest BCUT2D eigenvalue weighted by Gasteiger charge is -2.37. The van der Waals surface area contributed by atoms with E-state index in [1.165, 1.54) is 19.3 Å². The quantitative estimate of drug-likeness (QED) is 0.736. The Kier molecular flexibility index (Phi) is 6.74. The third kappa shape index (κ3) is 4.38. The van der Waals surface area contributed by atoms with Crippen molar-refractivity contribution in [1.29, 1.82) is 0 Å².